The van der Waals surface area contributed by atoms with Crippen LogP contribution in [0.2, 0.25) is 0 Å². The summed E-state index contributed by atoms with van der Waals surface area (Å²) >= 11 is 1.66. The van der Waals surface area contributed by atoms with Crippen LogP contribution in [0.1, 0.15) is 22.4 Å². The maximum Gasteiger partial charge on any atom is 0.191 e. The summed E-state index contributed by atoms with van der Waals surface area (Å²) in [4.78, 5) is 10.0. The average Bonchev–Trinajstić information content (AvgIpc) is 2.99. The normalized spacial score (nSPS) is 10.9. The molecule has 0 aliphatic carbocycles. The highest BCUT2D eigenvalue weighted by Crippen LogP contribution is 2.23. The fourth-order valence-electron chi connectivity index (χ4n) is 2.16. The predicted molar refractivity (Wildman–Crippen MR) is 113 cm³/mol. The lowest BCUT2D eigenvalue weighted by atomic mass is 10.1. The predicted octanol–water partition coefficient (Wildman–Crippen LogP) is 3.08. The van der Waals surface area contributed by atoms with Crippen LogP contribution in [0, 0.1) is 6.92 Å². The second kappa shape index (κ2) is 11.1. The largest absolute Gasteiger partial charge is 0.508 e. The first kappa shape index (κ1) is 21.5. The third kappa shape index (κ3) is 7.07. The standard InChI is InChI=1S/C17H24N4O2S.HI/c1-4-18-17(21-11-16-20-10-12(2)24-16)19-8-7-13-5-6-14(23-3)9-15(13)22;/h5-6,9-10,22H,4,7-8,11H2,1-3H3,(H2,18,19,21);1H. The average molecular weight is 476 g/mol. The van der Waals surface area contributed by atoms with Gasteiger partial charge in [0.2, 0.25) is 0 Å². The highest BCUT2D eigenvalue weighted by atomic mass is 127. The first-order chi connectivity index (χ1) is 11.6. The molecule has 0 fully saturated rings. The molecule has 6 nitrogen and oxygen atoms in total. The lowest BCUT2D eigenvalue weighted by Crippen LogP contribution is -2.38. The molecule has 0 bridgehead atoms. The van der Waals surface area contributed by atoms with Gasteiger partial charge in [0.25, 0.3) is 0 Å². The molecule has 0 spiro atoms. The van der Waals surface area contributed by atoms with Crippen LogP contribution < -0.4 is 15.4 Å². The van der Waals surface area contributed by atoms with Gasteiger partial charge in [-0.2, -0.15) is 0 Å². The van der Waals surface area contributed by atoms with Gasteiger partial charge < -0.3 is 20.5 Å². The van der Waals surface area contributed by atoms with E-state index >= 15 is 0 Å². The van der Waals surface area contributed by atoms with E-state index in [-0.39, 0.29) is 29.7 Å². The van der Waals surface area contributed by atoms with Crippen LogP contribution in [-0.2, 0) is 13.0 Å². The molecule has 0 unspecified atom stereocenters. The highest BCUT2D eigenvalue weighted by molar-refractivity contribution is 14.0. The van der Waals surface area contributed by atoms with Crippen molar-refractivity contribution in [2.45, 2.75) is 26.8 Å². The zero-order valence-corrected chi connectivity index (χ0v) is 17.9. The Hall–Kier alpha value is -1.55. The summed E-state index contributed by atoms with van der Waals surface area (Å²) in [6.07, 6.45) is 2.55. The van der Waals surface area contributed by atoms with Crippen LogP contribution in [0.5, 0.6) is 11.5 Å². The van der Waals surface area contributed by atoms with Crippen molar-refractivity contribution in [1.82, 2.24) is 15.6 Å². The number of guanidine groups is 1. The lowest BCUT2D eigenvalue weighted by molar-refractivity contribution is 0.406. The van der Waals surface area contributed by atoms with Crippen molar-refractivity contribution in [1.29, 1.82) is 0 Å². The number of phenolic OH excluding ortho intramolecular Hbond substituents is 1. The molecule has 0 atom stereocenters. The Morgan fingerprint density at radius 1 is 1.36 bits per heavy atom. The number of phenols is 1. The molecule has 0 saturated heterocycles. The minimum Gasteiger partial charge on any atom is -0.508 e. The number of hydrogen-bond acceptors (Lipinski definition) is 5. The molecule has 25 heavy (non-hydrogen) atoms. The van der Waals surface area contributed by atoms with Gasteiger partial charge in [0.1, 0.15) is 16.5 Å². The van der Waals surface area contributed by atoms with Gasteiger partial charge >= 0.3 is 0 Å². The molecule has 1 aromatic heterocycles. The van der Waals surface area contributed by atoms with Crippen LogP contribution >= 0.6 is 35.3 Å². The van der Waals surface area contributed by atoms with E-state index in [4.69, 9.17) is 4.74 Å². The molecule has 2 rings (SSSR count). The van der Waals surface area contributed by atoms with E-state index in [2.05, 4.69) is 20.6 Å². The second-order valence-electron chi connectivity index (χ2n) is 5.23. The number of hydrogen-bond donors (Lipinski definition) is 3. The zero-order valence-electron chi connectivity index (χ0n) is 14.7. The molecule has 0 amide bonds. The van der Waals surface area contributed by atoms with Crippen molar-refractivity contribution in [2.75, 3.05) is 20.2 Å². The first-order valence-electron chi connectivity index (χ1n) is 7.91. The summed E-state index contributed by atoms with van der Waals surface area (Å²) in [5, 5.41) is 17.5. The van der Waals surface area contributed by atoms with Gasteiger partial charge in [-0.3, -0.25) is 0 Å². The number of aliphatic imine (C=N–C) groups is 1. The molecule has 0 saturated carbocycles. The Morgan fingerprint density at radius 3 is 2.76 bits per heavy atom. The Balaban J connectivity index is 0.00000312. The highest BCUT2D eigenvalue weighted by Gasteiger charge is 2.04. The number of nitrogens with one attached hydrogen (secondary N) is 2. The fraction of sp³-hybridized carbons (Fsp3) is 0.412. The molecular formula is C17H25IN4O2S. The molecule has 0 radical (unpaired) electrons. The number of methoxy groups -OCH3 is 1. The number of ether oxygens (including phenoxy) is 1. The number of rotatable bonds is 7. The summed E-state index contributed by atoms with van der Waals surface area (Å²) in [6.45, 7) is 6.08. The monoisotopic (exact) mass is 476 g/mol. The SMILES string of the molecule is CCNC(=NCc1ncc(C)s1)NCCc1ccc(OC)cc1O.I. The Kier molecular flexibility index (Phi) is 9.58. The van der Waals surface area contributed by atoms with Crippen LogP contribution in [0.15, 0.2) is 29.4 Å². The zero-order chi connectivity index (χ0) is 17.4. The first-order valence-corrected chi connectivity index (χ1v) is 8.73. The van der Waals surface area contributed by atoms with Crippen molar-refractivity contribution in [2.24, 2.45) is 4.99 Å². The summed E-state index contributed by atoms with van der Waals surface area (Å²) < 4.78 is 5.09. The number of nitrogens with zero attached hydrogens (tertiary/aromatic N) is 2. The molecule has 138 valence electrons. The van der Waals surface area contributed by atoms with Crippen molar-refractivity contribution in [3.8, 4) is 11.5 Å². The molecule has 1 aromatic carbocycles. The maximum absolute atomic E-state index is 9.98. The van der Waals surface area contributed by atoms with E-state index in [0.29, 0.717) is 25.3 Å². The van der Waals surface area contributed by atoms with E-state index in [1.165, 1.54) is 4.88 Å². The molecular weight excluding hydrogens is 451 g/mol. The summed E-state index contributed by atoms with van der Waals surface area (Å²) in [6, 6.07) is 5.34. The molecule has 0 aliphatic heterocycles. The van der Waals surface area contributed by atoms with E-state index < -0.39 is 0 Å². The van der Waals surface area contributed by atoms with E-state index in [0.717, 1.165) is 23.1 Å². The number of aryl methyl sites for hydroxylation is 1. The van der Waals surface area contributed by atoms with E-state index in [1.807, 2.05) is 32.2 Å². The van der Waals surface area contributed by atoms with E-state index in [1.54, 1.807) is 24.5 Å². The van der Waals surface area contributed by atoms with Crippen molar-refractivity contribution in [3.63, 3.8) is 0 Å². The molecule has 8 heteroatoms. The van der Waals surface area contributed by atoms with Crippen LogP contribution in [-0.4, -0.2) is 36.2 Å². The van der Waals surface area contributed by atoms with Crippen molar-refractivity contribution in [3.05, 3.63) is 39.8 Å². The van der Waals surface area contributed by atoms with Gasteiger partial charge in [-0.1, -0.05) is 6.07 Å². The van der Waals surface area contributed by atoms with E-state index in [9.17, 15) is 5.11 Å². The van der Waals surface area contributed by atoms with Gasteiger partial charge in [0.05, 0.1) is 13.7 Å². The third-order valence-electron chi connectivity index (χ3n) is 3.37. The van der Waals surface area contributed by atoms with Gasteiger partial charge in [0.15, 0.2) is 5.96 Å². The minimum atomic E-state index is 0. The van der Waals surface area contributed by atoms with Gasteiger partial charge in [0, 0.05) is 30.2 Å². The maximum atomic E-state index is 9.98. The lowest BCUT2D eigenvalue weighted by Gasteiger charge is -2.12. The number of halogens is 1. The van der Waals surface area contributed by atoms with Crippen molar-refractivity contribution < 1.29 is 9.84 Å². The molecule has 0 aliphatic rings. The number of thiazole rings is 1. The van der Waals surface area contributed by atoms with Gasteiger partial charge in [-0.15, -0.1) is 35.3 Å². The summed E-state index contributed by atoms with van der Waals surface area (Å²) in [5.74, 6) is 1.65. The minimum absolute atomic E-state index is 0. The molecule has 3 N–H and O–H groups in total. The molecule has 2 aromatic rings. The third-order valence-corrected chi connectivity index (χ3v) is 4.26. The number of benzene rings is 1. The second-order valence-corrected chi connectivity index (χ2v) is 6.55. The van der Waals surface area contributed by atoms with Gasteiger partial charge in [-0.05, 0) is 31.9 Å². The van der Waals surface area contributed by atoms with Crippen LogP contribution in [0.3, 0.4) is 0 Å². The topological polar surface area (TPSA) is 78.8 Å². The smallest absolute Gasteiger partial charge is 0.191 e. The number of aromatic hydroxyl groups is 1. The van der Waals surface area contributed by atoms with Crippen molar-refractivity contribution >= 4 is 41.3 Å². The Morgan fingerprint density at radius 2 is 2.16 bits per heavy atom. The molecule has 1 heterocycles. The summed E-state index contributed by atoms with van der Waals surface area (Å²) in [5.41, 5.74) is 0.870. The number of aromatic nitrogens is 1. The Bertz CT molecular complexity index is 691. The quantitative estimate of drug-likeness (QED) is 0.325. The fourth-order valence-corrected chi connectivity index (χ4v) is 2.87. The Labute approximate surface area is 169 Å². The van der Waals surface area contributed by atoms with Gasteiger partial charge in [-0.25, -0.2) is 9.98 Å². The summed E-state index contributed by atoms with van der Waals surface area (Å²) in [7, 11) is 1.58. The van der Waals surface area contributed by atoms with Crippen LogP contribution in [0.25, 0.3) is 0 Å². The van der Waals surface area contributed by atoms with Crippen LogP contribution in [0.4, 0.5) is 0 Å².